The molecule has 1 amide bonds. The summed E-state index contributed by atoms with van der Waals surface area (Å²) in [5.41, 5.74) is 2.09. The van der Waals surface area contributed by atoms with Crippen molar-refractivity contribution in [1.29, 1.82) is 0 Å². The van der Waals surface area contributed by atoms with Crippen LogP contribution in [0.15, 0.2) is 18.3 Å². The molecule has 0 aromatic carbocycles. The standard InChI is InChI=1S/C13H20N4O/c1-2-14-11-4-6-15-12(8-11)9-17-7-3-5-16-13(18)10-17/h4,6,8H,2-3,5,7,9-10H2,1H3,(H,14,15)(H,16,18). The van der Waals surface area contributed by atoms with Crippen LogP contribution in [0.5, 0.6) is 0 Å². The zero-order chi connectivity index (χ0) is 12.8. The van der Waals surface area contributed by atoms with Gasteiger partial charge in [-0.05, 0) is 25.5 Å². The Morgan fingerprint density at radius 1 is 1.56 bits per heavy atom. The lowest BCUT2D eigenvalue weighted by atomic mass is 10.3. The molecule has 5 heteroatoms. The maximum Gasteiger partial charge on any atom is 0.234 e. The van der Waals surface area contributed by atoms with E-state index in [1.165, 1.54) is 0 Å². The maximum atomic E-state index is 11.5. The third-order valence-electron chi connectivity index (χ3n) is 2.92. The first-order chi connectivity index (χ1) is 8.78. The second kappa shape index (κ2) is 6.35. The fraction of sp³-hybridized carbons (Fsp3) is 0.538. The third kappa shape index (κ3) is 3.70. The zero-order valence-electron chi connectivity index (χ0n) is 10.8. The summed E-state index contributed by atoms with van der Waals surface area (Å²) in [6, 6.07) is 4.01. The van der Waals surface area contributed by atoms with Crippen LogP contribution in [-0.2, 0) is 11.3 Å². The Hall–Kier alpha value is -1.62. The molecule has 0 radical (unpaired) electrons. The predicted molar refractivity (Wildman–Crippen MR) is 71.3 cm³/mol. The lowest BCUT2D eigenvalue weighted by Gasteiger charge is -2.18. The number of hydrogen-bond acceptors (Lipinski definition) is 4. The molecular weight excluding hydrogens is 228 g/mol. The van der Waals surface area contributed by atoms with Crippen LogP contribution in [0.25, 0.3) is 0 Å². The number of nitrogens with zero attached hydrogens (tertiary/aromatic N) is 2. The Labute approximate surface area is 108 Å². The van der Waals surface area contributed by atoms with Gasteiger partial charge in [0.1, 0.15) is 0 Å². The quantitative estimate of drug-likeness (QED) is 0.829. The van der Waals surface area contributed by atoms with Crippen molar-refractivity contribution in [2.45, 2.75) is 19.9 Å². The number of anilines is 1. The number of amides is 1. The lowest BCUT2D eigenvalue weighted by Crippen LogP contribution is -2.32. The van der Waals surface area contributed by atoms with Gasteiger partial charge in [0, 0.05) is 38.1 Å². The van der Waals surface area contributed by atoms with Crippen molar-refractivity contribution < 1.29 is 4.79 Å². The molecule has 2 heterocycles. The molecule has 0 aliphatic carbocycles. The van der Waals surface area contributed by atoms with Gasteiger partial charge in [-0.1, -0.05) is 0 Å². The van der Waals surface area contributed by atoms with Crippen molar-refractivity contribution in [3.8, 4) is 0 Å². The SMILES string of the molecule is CCNc1ccnc(CN2CCCNC(=O)C2)c1. The van der Waals surface area contributed by atoms with Crippen LogP contribution in [-0.4, -0.2) is 42.0 Å². The highest BCUT2D eigenvalue weighted by molar-refractivity contribution is 5.78. The van der Waals surface area contributed by atoms with Crippen LogP contribution in [0.3, 0.4) is 0 Å². The van der Waals surface area contributed by atoms with Crippen LogP contribution in [0.1, 0.15) is 19.0 Å². The van der Waals surface area contributed by atoms with Gasteiger partial charge < -0.3 is 10.6 Å². The number of aromatic nitrogens is 1. The highest BCUT2D eigenvalue weighted by Gasteiger charge is 2.15. The van der Waals surface area contributed by atoms with E-state index in [1.807, 2.05) is 18.3 Å². The van der Waals surface area contributed by atoms with Gasteiger partial charge in [-0.15, -0.1) is 0 Å². The summed E-state index contributed by atoms with van der Waals surface area (Å²) in [6.07, 6.45) is 2.81. The third-order valence-corrected chi connectivity index (χ3v) is 2.92. The number of carbonyl (C=O) groups is 1. The van der Waals surface area contributed by atoms with Crippen molar-refractivity contribution in [2.24, 2.45) is 0 Å². The summed E-state index contributed by atoms with van der Waals surface area (Å²) in [7, 11) is 0. The average Bonchev–Trinajstić information content (AvgIpc) is 2.54. The Morgan fingerprint density at radius 3 is 3.28 bits per heavy atom. The van der Waals surface area contributed by atoms with E-state index in [1.54, 1.807) is 0 Å². The van der Waals surface area contributed by atoms with Gasteiger partial charge >= 0.3 is 0 Å². The molecule has 0 atom stereocenters. The topological polar surface area (TPSA) is 57.3 Å². The molecule has 5 nitrogen and oxygen atoms in total. The molecule has 1 aliphatic rings. The molecule has 0 bridgehead atoms. The van der Waals surface area contributed by atoms with E-state index in [0.29, 0.717) is 6.54 Å². The Balaban J connectivity index is 1.99. The highest BCUT2D eigenvalue weighted by atomic mass is 16.2. The summed E-state index contributed by atoms with van der Waals surface area (Å²) in [6.45, 7) is 5.88. The van der Waals surface area contributed by atoms with Crippen molar-refractivity contribution in [1.82, 2.24) is 15.2 Å². The van der Waals surface area contributed by atoms with E-state index < -0.39 is 0 Å². The first kappa shape index (κ1) is 12.8. The first-order valence-corrected chi connectivity index (χ1v) is 6.46. The van der Waals surface area contributed by atoms with Gasteiger partial charge in [0.2, 0.25) is 5.91 Å². The van der Waals surface area contributed by atoms with Crippen molar-refractivity contribution >= 4 is 11.6 Å². The van der Waals surface area contributed by atoms with Crippen molar-refractivity contribution in [2.75, 3.05) is 31.5 Å². The van der Waals surface area contributed by atoms with Crippen LogP contribution in [0, 0.1) is 0 Å². The Morgan fingerprint density at radius 2 is 2.44 bits per heavy atom. The predicted octanol–water partition coefficient (Wildman–Crippen LogP) is 0.835. The summed E-state index contributed by atoms with van der Waals surface area (Å²) < 4.78 is 0. The molecule has 1 fully saturated rings. The first-order valence-electron chi connectivity index (χ1n) is 6.46. The Kier molecular flexibility index (Phi) is 4.52. The van der Waals surface area contributed by atoms with Gasteiger partial charge in [0.05, 0.1) is 12.2 Å². The van der Waals surface area contributed by atoms with E-state index in [9.17, 15) is 4.79 Å². The molecule has 18 heavy (non-hydrogen) atoms. The summed E-state index contributed by atoms with van der Waals surface area (Å²) >= 11 is 0. The second-order valence-corrected chi connectivity index (χ2v) is 4.48. The molecule has 1 aliphatic heterocycles. The van der Waals surface area contributed by atoms with E-state index in [4.69, 9.17) is 0 Å². The number of carbonyl (C=O) groups excluding carboxylic acids is 1. The molecule has 0 unspecified atom stereocenters. The minimum absolute atomic E-state index is 0.107. The van der Waals surface area contributed by atoms with E-state index in [2.05, 4.69) is 27.4 Å². The fourth-order valence-electron chi connectivity index (χ4n) is 2.11. The molecule has 1 aromatic heterocycles. The van der Waals surface area contributed by atoms with Gasteiger partial charge in [-0.25, -0.2) is 0 Å². The monoisotopic (exact) mass is 248 g/mol. The number of hydrogen-bond donors (Lipinski definition) is 2. The van der Waals surface area contributed by atoms with E-state index in [0.717, 1.165) is 44.0 Å². The normalized spacial score (nSPS) is 17.1. The molecule has 2 N–H and O–H groups in total. The van der Waals surface area contributed by atoms with Gasteiger partial charge in [-0.3, -0.25) is 14.7 Å². The zero-order valence-corrected chi connectivity index (χ0v) is 10.8. The highest BCUT2D eigenvalue weighted by Crippen LogP contribution is 2.10. The lowest BCUT2D eigenvalue weighted by molar-refractivity contribution is -0.121. The van der Waals surface area contributed by atoms with Crippen LogP contribution >= 0.6 is 0 Å². The number of rotatable bonds is 4. The number of pyridine rings is 1. The van der Waals surface area contributed by atoms with Crippen molar-refractivity contribution in [3.63, 3.8) is 0 Å². The molecule has 0 spiro atoms. The van der Waals surface area contributed by atoms with Crippen LogP contribution in [0.2, 0.25) is 0 Å². The van der Waals surface area contributed by atoms with Gasteiger partial charge in [-0.2, -0.15) is 0 Å². The van der Waals surface area contributed by atoms with Gasteiger partial charge in [0.15, 0.2) is 0 Å². The van der Waals surface area contributed by atoms with Gasteiger partial charge in [0.25, 0.3) is 0 Å². The Bertz CT molecular complexity index is 408. The smallest absolute Gasteiger partial charge is 0.234 e. The minimum Gasteiger partial charge on any atom is -0.385 e. The second-order valence-electron chi connectivity index (χ2n) is 4.48. The minimum atomic E-state index is 0.107. The van der Waals surface area contributed by atoms with E-state index >= 15 is 0 Å². The molecule has 98 valence electrons. The largest absolute Gasteiger partial charge is 0.385 e. The molecule has 1 aromatic rings. The molecule has 0 saturated carbocycles. The summed E-state index contributed by atoms with van der Waals surface area (Å²) in [4.78, 5) is 18.0. The maximum absolute atomic E-state index is 11.5. The summed E-state index contributed by atoms with van der Waals surface area (Å²) in [5.74, 6) is 0.107. The summed E-state index contributed by atoms with van der Waals surface area (Å²) in [5, 5.41) is 6.15. The average molecular weight is 248 g/mol. The van der Waals surface area contributed by atoms with Crippen LogP contribution < -0.4 is 10.6 Å². The van der Waals surface area contributed by atoms with Crippen molar-refractivity contribution in [3.05, 3.63) is 24.0 Å². The molecule has 1 saturated heterocycles. The fourth-order valence-corrected chi connectivity index (χ4v) is 2.11. The molecular formula is C13H20N4O. The van der Waals surface area contributed by atoms with E-state index in [-0.39, 0.29) is 5.91 Å². The molecule has 2 rings (SSSR count). The van der Waals surface area contributed by atoms with Crippen LogP contribution in [0.4, 0.5) is 5.69 Å². The number of nitrogens with one attached hydrogen (secondary N) is 2.